The van der Waals surface area contributed by atoms with Gasteiger partial charge in [-0.25, -0.2) is 0 Å². The minimum absolute atomic E-state index is 0.806. The van der Waals surface area contributed by atoms with E-state index < -0.39 is 0 Å². The standard InChI is InChI=1S/C19H31N3O/c1-15-10-16(2)13-21(12-15)14-17-4-5-18(19(11-17)23-3)22-8-6-20-7-9-22/h4-5,11,15-16,20H,6-10,12-14H2,1-3H3. The summed E-state index contributed by atoms with van der Waals surface area (Å²) in [4.78, 5) is 5.02. The first-order valence-corrected chi connectivity index (χ1v) is 9.00. The molecule has 2 atom stereocenters. The molecule has 0 aliphatic carbocycles. The molecule has 3 rings (SSSR count). The van der Waals surface area contributed by atoms with Crippen LogP contribution in [0.25, 0.3) is 0 Å². The Balaban J connectivity index is 1.71. The topological polar surface area (TPSA) is 27.7 Å². The van der Waals surface area contributed by atoms with Gasteiger partial charge in [-0.3, -0.25) is 4.90 Å². The van der Waals surface area contributed by atoms with Crippen LogP contribution in [0.1, 0.15) is 25.8 Å². The summed E-state index contributed by atoms with van der Waals surface area (Å²) in [7, 11) is 1.79. The average Bonchev–Trinajstić information content (AvgIpc) is 2.54. The maximum atomic E-state index is 5.69. The van der Waals surface area contributed by atoms with Gasteiger partial charge in [0.1, 0.15) is 5.75 Å². The molecule has 23 heavy (non-hydrogen) atoms. The lowest BCUT2D eigenvalue weighted by Crippen LogP contribution is -2.43. The zero-order chi connectivity index (χ0) is 16.2. The minimum Gasteiger partial charge on any atom is -0.495 e. The first-order valence-electron chi connectivity index (χ1n) is 9.00. The van der Waals surface area contributed by atoms with Crippen molar-refractivity contribution in [2.24, 2.45) is 11.8 Å². The van der Waals surface area contributed by atoms with E-state index in [1.54, 1.807) is 7.11 Å². The van der Waals surface area contributed by atoms with E-state index in [4.69, 9.17) is 4.74 Å². The molecule has 2 saturated heterocycles. The van der Waals surface area contributed by atoms with Gasteiger partial charge in [0.25, 0.3) is 0 Å². The number of benzene rings is 1. The van der Waals surface area contributed by atoms with E-state index in [9.17, 15) is 0 Å². The van der Waals surface area contributed by atoms with E-state index in [0.29, 0.717) is 0 Å². The Morgan fingerprint density at radius 2 is 1.83 bits per heavy atom. The van der Waals surface area contributed by atoms with Gasteiger partial charge in [0.15, 0.2) is 0 Å². The van der Waals surface area contributed by atoms with Crippen LogP contribution in [0.2, 0.25) is 0 Å². The maximum Gasteiger partial charge on any atom is 0.142 e. The maximum absolute atomic E-state index is 5.69. The largest absolute Gasteiger partial charge is 0.495 e. The lowest BCUT2D eigenvalue weighted by Gasteiger charge is -2.35. The molecule has 2 unspecified atom stereocenters. The minimum atomic E-state index is 0.806. The lowest BCUT2D eigenvalue weighted by molar-refractivity contribution is 0.134. The summed E-state index contributed by atoms with van der Waals surface area (Å²) in [5, 5.41) is 3.41. The van der Waals surface area contributed by atoms with Crippen LogP contribution in [-0.2, 0) is 6.54 Å². The van der Waals surface area contributed by atoms with Crippen molar-refractivity contribution in [3.63, 3.8) is 0 Å². The summed E-state index contributed by atoms with van der Waals surface area (Å²) in [6, 6.07) is 6.77. The van der Waals surface area contributed by atoms with Crippen LogP contribution in [0.15, 0.2) is 18.2 Å². The van der Waals surface area contributed by atoms with Crippen LogP contribution in [0.4, 0.5) is 5.69 Å². The molecule has 0 radical (unpaired) electrons. The summed E-state index contributed by atoms with van der Waals surface area (Å²) in [5.74, 6) is 2.63. The first kappa shape index (κ1) is 16.6. The second-order valence-electron chi connectivity index (χ2n) is 7.38. The number of piperidine rings is 1. The fourth-order valence-electron chi connectivity index (χ4n) is 4.17. The van der Waals surface area contributed by atoms with Crippen LogP contribution in [0, 0.1) is 11.8 Å². The molecule has 0 aromatic heterocycles. The number of hydrogen-bond acceptors (Lipinski definition) is 4. The number of nitrogens with zero attached hydrogens (tertiary/aromatic N) is 2. The van der Waals surface area contributed by atoms with Crippen LogP contribution in [0.5, 0.6) is 5.75 Å². The van der Waals surface area contributed by atoms with E-state index in [1.165, 1.54) is 30.8 Å². The van der Waals surface area contributed by atoms with Crippen LogP contribution in [0.3, 0.4) is 0 Å². The van der Waals surface area contributed by atoms with Crippen molar-refractivity contribution >= 4 is 5.69 Å². The number of nitrogens with one attached hydrogen (secondary N) is 1. The van der Waals surface area contributed by atoms with Gasteiger partial charge in [-0.05, 0) is 36.0 Å². The number of likely N-dealkylation sites (tertiary alicyclic amines) is 1. The molecule has 128 valence electrons. The zero-order valence-corrected chi connectivity index (χ0v) is 14.8. The van der Waals surface area contributed by atoms with Gasteiger partial charge < -0.3 is 15.0 Å². The van der Waals surface area contributed by atoms with E-state index >= 15 is 0 Å². The molecule has 2 fully saturated rings. The highest BCUT2D eigenvalue weighted by Crippen LogP contribution is 2.31. The second-order valence-corrected chi connectivity index (χ2v) is 7.38. The van der Waals surface area contributed by atoms with Gasteiger partial charge in [0, 0.05) is 45.8 Å². The number of piperazine rings is 1. The van der Waals surface area contributed by atoms with Crippen molar-refractivity contribution in [2.75, 3.05) is 51.3 Å². The van der Waals surface area contributed by atoms with Crippen molar-refractivity contribution in [3.8, 4) is 5.75 Å². The average molecular weight is 317 g/mol. The van der Waals surface area contributed by atoms with Gasteiger partial charge >= 0.3 is 0 Å². The van der Waals surface area contributed by atoms with Crippen molar-refractivity contribution in [1.29, 1.82) is 0 Å². The number of ether oxygens (including phenoxy) is 1. The smallest absolute Gasteiger partial charge is 0.142 e. The zero-order valence-electron chi connectivity index (χ0n) is 14.8. The van der Waals surface area contributed by atoms with Crippen molar-refractivity contribution in [3.05, 3.63) is 23.8 Å². The van der Waals surface area contributed by atoms with E-state index in [-0.39, 0.29) is 0 Å². The molecule has 0 spiro atoms. The van der Waals surface area contributed by atoms with Crippen molar-refractivity contribution in [1.82, 2.24) is 10.2 Å². The second kappa shape index (κ2) is 7.54. The van der Waals surface area contributed by atoms with Gasteiger partial charge in [-0.1, -0.05) is 19.9 Å². The molecule has 1 N–H and O–H groups in total. The molecule has 4 heteroatoms. The highest BCUT2D eigenvalue weighted by atomic mass is 16.5. The molecule has 0 saturated carbocycles. The first-order chi connectivity index (χ1) is 11.2. The molecule has 1 aromatic rings. The van der Waals surface area contributed by atoms with Crippen LogP contribution >= 0.6 is 0 Å². The normalized spacial score (nSPS) is 26.3. The molecule has 2 aliphatic heterocycles. The number of anilines is 1. The Morgan fingerprint density at radius 1 is 1.13 bits per heavy atom. The Labute approximate surface area is 140 Å². The number of methoxy groups -OCH3 is 1. The van der Waals surface area contributed by atoms with E-state index in [1.807, 2.05) is 0 Å². The molecule has 1 aromatic carbocycles. The molecule has 2 heterocycles. The molecule has 0 amide bonds. The summed E-state index contributed by atoms with van der Waals surface area (Å²) in [6.07, 6.45) is 1.36. The molecular formula is C19H31N3O. The summed E-state index contributed by atoms with van der Waals surface area (Å²) >= 11 is 0. The molecule has 2 aliphatic rings. The lowest BCUT2D eigenvalue weighted by atomic mass is 9.91. The predicted octanol–water partition coefficient (Wildman–Crippen LogP) is 2.58. The van der Waals surface area contributed by atoms with Crippen molar-refractivity contribution < 1.29 is 4.74 Å². The third-order valence-corrected chi connectivity index (χ3v) is 5.05. The number of rotatable bonds is 4. The molecule has 4 nitrogen and oxygen atoms in total. The Kier molecular flexibility index (Phi) is 5.44. The van der Waals surface area contributed by atoms with Crippen LogP contribution < -0.4 is 15.0 Å². The Bertz CT molecular complexity index is 503. The molecular weight excluding hydrogens is 286 g/mol. The van der Waals surface area contributed by atoms with Gasteiger partial charge in [-0.15, -0.1) is 0 Å². The Hall–Kier alpha value is -1.26. The van der Waals surface area contributed by atoms with Gasteiger partial charge in [-0.2, -0.15) is 0 Å². The fraction of sp³-hybridized carbons (Fsp3) is 0.684. The Morgan fingerprint density at radius 3 is 2.48 bits per heavy atom. The SMILES string of the molecule is COc1cc(CN2CC(C)CC(C)C2)ccc1N1CCNCC1. The van der Waals surface area contributed by atoms with Crippen molar-refractivity contribution in [2.45, 2.75) is 26.8 Å². The quantitative estimate of drug-likeness (QED) is 0.924. The summed E-state index contributed by atoms with van der Waals surface area (Å²) in [6.45, 7) is 12.4. The third-order valence-electron chi connectivity index (χ3n) is 5.05. The van der Waals surface area contributed by atoms with Gasteiger partial charge in [0.2, 0.25) is 0 Å². The van der Waals surface area contributed by atoms with Gasteiger partial charge in [0.05, 0.1) is 12.8 Å². The predicted molar refractivity (Wildman–Crippen MR) is 96.3 cm³/mol. The number of hydrogen-bond donors (Lipinski definition) is 1. The monoisotopic (exact) mass is 317 g/mol. The molecule has 0 bridgehead atoms. The highest BCUT2D eigenvalue weighted by molar-refractivity contribution is 5.60. The van der Waals surface area contributed by atoms with Crippen LogP contribution in [-0.4, -0.2) is 51.3 Å². The fourth-order valence-corrected chi connectivity index (χ4v) is 4.17. The summed E-state index contributed by atoms with van der Waals surface area (Å²) in [5.41, 5.74) is 2.60. The third kappa shape index (κ3) is 4.18. The highest BCUT2D eigenvalue weighted by Gasteiger charge is 2.22. The summed E-state index contributed by atoms with van der Waals surface area (Å²) < 4.78 is 5.69. The van der Waals surface area contributed by atoms with E-state index in [0.717, 1.165) is 50.3 Å². The van der Waals surface area contributed by atoms with E-state index in [2.05, 4.69) is 47.2 Å².